The molecule has 0 bridgehead atoms. The number of anilines is 1. The van der Waals surface area contributed by atoms with E-state index in [2.05, 4.69) is 4.98 Å². The summed E-state index contributed by atoms with van der Waals surface area (Å²) in [6, 6.07) is 3.79. The van der Waals surface area contributed by atoms with Crippen molar-refractivity contribution < 1.29 is 14.3 Å². The number of carbonyl (C=O) groups excluding carboxylic acids is 1. The van der Waals surface area contributed by atoms with Crippen molar-refractivity contribution in [2.45, 2.75) is 38.4 Å². The largest absolute Gasteiger partial charge is 0.485 e. The Hall–Kier alpha value is -1.82. The number of hydrogen-bond donors (Lipinski definition) is 0. The molecule has 2 heterocycles. The Morgan fingerprint density at radius 3 is 2.92 bits per heavy atom. The third kappa shape index (κ3) is 4.17. The molecule has 2 fully saturated rings. The Morgan fingerprint density at radius 2 is 2.21 bits per heavy atom. The maximum atomic E-state index is 12.5. The van der Waals surface area contributed by atoms with E-state index in [1.807, 2.05) is 43.0 Å². The van der Waals surface area contributed by atoms with E-state index in [9.17, 15) is 4.79 Å². The van der Waals surface area contributed by atoms with Crippen molar-refractivity contribution in [3.8, 4) is 5.75 Å². The summed E-state index contributed by atoms with van der Waals surface area (Å²) in [5.74, 6) is 2.31. The molecule has 0 radical (unpaired) electrons. The van der Waals surface area contributed by atoms with Crippen LogP contribution in [0.2, 0.25) is 0 Å². The standard InChI is InChI=1S/C18H27N3O3/c1-13(23-12-14-6-7-14)18(22)21-10-8-15(11-21)24-16-5-4-9-19-17(16)20(2)3/h4-5,9,13-15H,6-8,10-12H2,1-3H3/t13-,15-/m0/s1. The highest BCUT2D eigenvalue weighted by atomic mass is 16.5. The van der Waals surface area contributed by atoms with E-state index in [0.29, 0.717) is 19.1 Å². The van der Waals surface area contributed by atoms with Crippen LogP contribution in [-0.4, -0.2) is 61.8 Å². The molecular weight excluding hydrogens is 306 g/mol. The van der Waals surface area contributed by atoms with Crippen LogP contribution in [0.5, 0.6) is 5.75 Å². The van der Waals surface area contributed by atoms with Crippen molar-refractivity contribution in [2.24, 2.45) is 5.92 Å². The number of nitrogens with zero attached hydrogens (tertiary/aromatic N) is 3. The zero-order chi connectivity index (χ0) is 17.1. The predicted molar refractivity (Wildman–Crippen MR) is 92.3 cm³/mol. The first-order valence-electron chi connectivity index (χ1n) is 8.74. The summed E-state index contributed by atoms with van der Waals surface area (Å²) in [5.41, 5.74) is 0. The SMILES string of the molecule is C[C@H](OCC1CC1)C(=O)N1CC[C@H](Oc2cccnc2N(C)C)C1. The summed E-state index contributed by atoms with van der Waals surface area (Å²) in [6.45, 7) is 3.89. The lowest BCUT2D eigenvalue weighted by Gasteiger charge is -2.22. The monoisotopic (exact) mass is 333 g/mol. The van der Waals surface area contributed by atoms with Crippen molar-refractivity contribution >= 4 is 11.7 Å². The van der Waals surface area contributed by atoms with Gasteiger partial charge in [-0.1, -0.05) is 0 Å². The third-order valence-corrected chi connectivity index (χ3v) is 4.55. The summed E-state index contributed by atoms with van der Waals surface area (Å²) in [5, 5.41) is 0. The second-order valence-electron chi connectivity index (χ2n) is 6.95. The Morgan fingerprint density at radius 1 is 1.42 bits per heavy atom. The van der Waals surface area contributed by atoms with Crippen LogP contribution < -0.4 is 9.64 Å². The van der Waals surface area contributed by atoms with Gasteiger partial charge in [0.2, 0.25) is 0 Å². The van der Waals surface area contributed by atoms with Gasteiger partial charge in [0, 0.05) is 33.3 Å². The topological polar surface area (TPSA) is 54.9 Å². The van der Waals surface area contributed by atoms with Gasteiger partial charge in [-0.25, -0.2) is 4.98 Å². The molecule has 1 aromatic rings. The first-order chi connectivity index (χ1) is 11.5. The molecule has 0 spiro atoms. The minimum absolute atomic E-state index is 0.00693. The van der Waals surface area contributed by atoms with Gasteiger partial charge in [-0.15, -0.1) is 0 Å². The summed E-state index contributed by atoms with van der Waals surface area (Å²) < 4.78 is 11.8. The van der Waals surface area contributed by atoms with Gasteiger partial charge in [-0.2, -0.15) is 0 Å². The molecule has 1 aliphatic carbocycles. The molecular formula is C18H27N3O3. The van der Waals surface area contributed by atoms with Crippen LogP contribution >= 0.6 is 0 Å². The molecule has 2 atom stereocenters. The molecule has 1 saturated carbocycles. The molecule has 1 aliphatic heterocycles. The van der Waals surface area contributed by atoms with Crippen LogP contribution in [0.1, 0.15) is 26.2 Å². The average molecular weight is 333 g/mol. The van der Waals surface area contributed by atoms with Crippen molar-refractivity contribution in [3.63, 3.8) is 0 Å². The molecule has 24 heavy (non-hydrogen) atoms. The predicted octanol–water partition coefficient (Wildman–Crippen LogP) is 1.94. The van der Waals surface area contributed by atoms with E-state index in [-0.39, 0.29) is 18.1 Å². The lowest BCUT2D eigenvalue weighted by molar-refractivity contribution is -0.142. The van der Waals surface area contributed by atoms with Crippen LogP contribution in [0.3, 0.4) is 0 Å². The van der Waals surface area contributed by atoms with Gasteiger partial charge in [0.25, 0.3) is 5.91 Å². The van der Waals surface area contributed by atoms with E-state index in [1.54, 1.807) is 6.20 Å². The number of likely N-dealkylation sites (tertiary alicyclic amines) is 1. The molecule has 132 valence electrons. The minimum atomic E-state index is -0.361. The van der Waals surface area contributed by atoms with Gasteiger partial charge >= 0.3 is 0 Å². The van der Waals surface area contributed by atoms with Crippen LogP contribution in [0.4, 0.5) is 5.82 Å². The van der Waals surface area contributed by atoms with Gasteiger partial charge in [-0.05, 0) is 37.8 Å². The third-order valence-electron chi connectivity index (χ3n) is 4.55. The lowest BCUT2D eigenvalue weighted by Crippen LogP contribution is -2.38. The first-order valence-corrected chi connectivity index (χ1v) is 8.74. The van der Waals surface area contributed by atoms with Crippen LogP contribution in [-0.2, 0) is 9.53 Å². The molecule has 3 rings (SSSR count). The van der Waals surface area contributed by atoms with Gasteiger partial charge in [0.15, 0.2) is 11.6 Å². The number of amides is 1. The summed E-state index contributed by atoms with van der Waals surface area (Å²) >= 11 is 0. The van der Waals surface area contributed by atoms with Crippen molar-refractivity contribution in [3.05, 3.63) is 18.3 Å². The molecule has 6 nitrogen and oxygen atoms in total. The zero-order valence-corrected chi connectivity index (χ0v) is 14.8. The van der Waals surface area contributed by atoms with Crippen LogP contribution in [0.25, 0.3) is 0 Å². The quantitative estimate of drug-likeness (QED) is 0.763. The van der Waals surface area contributed by atoms with Crippen molar-refractivity contribution in [1.29, 1.82) is 0 Å². The number of ether oxygens (including phenoxy) is 2. The maximum Gasteiger partial charge on any atom is 0.251 e. The minimum Gasteiger partial charge on any atom is -0.485 e. The number of hydrogen-bond acceptors (Lipinski definition) is 5. The number of rotatable bonds is 7. The van der Waals surface area contributed by atoms with E-state index >= 15 is 0 Å². The molecule has 1 amide bonds. The second kappa shape index (κ2) is 7.38. The van der Waals surface area contributed by atoms with Crippen LogP contribution in [0.15, 0.2) is 18.3 Å². The zero-order valence-electron chi connectivity index (χ0n) is 14.8. The Balaban J connectivity index is 1.52. The maximum absolute atomic E-state index is 12.5. The first kappa shape index (κ1) is 17.0. The van der Waals surface area contributed by atoms with E-state index in [1.165, 1.54) is 12.8 Å². The summed E-state index contributed by atoms with van der Waals surface area (Å²) in [7, 11) is 3.89. The molecule has 0 unspecified atom stereocenters. The average Bonchev–Trinajstić information content (AvgIpc) is 3.29. The number of aromatic nitrogens is 1. The normalized spacial score (nSPS) is 21.6. The summed E-state index contributed by atoms with van der Waals surface area (Å²) in [6.07, 6.45) is 4.71. The molecule has 1 aromatic heterocycles. The van der Waals surface area contributed by atoms with Gasteiger partial charge in [-0.3, -0.25) is 4.79 Å². The smallest absolute Gasteiger partial charge is 0.251 e. The van der Waals surface area contributed by atoms with Gasteiger partial charge in [0.1, 0.15) is 12.2 Å². The summed E-state index contributed by atoms with van der Waals surface area (Å²) in [4.78, 5) is 20.6. The van der Waals surface area contributed by atoms with Gasteiger partial charge < -0.3 is 19.3 Å². The van der Waals surface area contributed by atoms with E-state index in [4.69, 9.17) is 9.47 Å². The Labute approximate surface area is 143 Å². The highest BCUT2D eigenvalue weighted by Crippen LogP contribution is 2.30. The molecule has 1 saturated heterocycles. The molecule has 2 aliphatic rings. The Bertz CT molecular complexity index is 574. The fourth-order valence-electron chi connectivity index (χ4n) is 2.91. The fourth-order valence-corrected chi connectivity index (χ4v) is 2.91. The van der Waals surface area contributed by atoms with Crippen molar-refractivity contribution in [2.75, 3.05) is 38.7 Å². The second-order valence-corrected chi connectivity index (χ2v) is 6.95. The number of pyridine rings is 1. The van der Waals surface area contributed by atoms with Gasteiger partial charge in [0.05, 0.1) is 13.2 Å². The highest BCUT2D eigenvalue weighted by molar-refractivity contribution is 5.80. The molecule has 0 aromatic carbocycles. The highest BCUT2D eigenvalue weighted by Gasteiger charge is 2.32. The molecule has 0 N–H and O–H groups in total. The number of carbonyl (C=O) groups is 1. The molecule has 6 heteroatoms. The Kier molecular flexibility index (Phi) is 5.23. The van der Waals surface area contributed by atoms with Crippen LogP contribution in [0, 0.1) is 5.92 Å². The fraction of sp³-hybridized carbons (Fsp3) is 0.667. The van der Waals surface area contributed by atoms with E-state index < -0.39 is 0 Å². The lowest BCUT2D eigenvalue weighted by atomic mass is 10.3. The van der Waals surface area contributed by atoms with Crippen molar-refractivity contribution in [1.82, 2.24) is 9.88 Å². The van der Waals surface area contributed by atoms with E-state index in [0.717, 1.165) is 24.5 Å².